The summed E-state index contributed by atoms with van der Waals surface area (Å²) in [6, 6.07) is 7.10. The topological polar surface area (TPSA) is 112 Å². The van der Waals surface area contributed by atoms with Gasteiger partial charge in [-0.05, 0) is 19.1 Å². The van der Waals surface area contributed by atoms with Gasteiger partial charge in [0.15, 0.2) is 6.61 Å². The van der Waals surface area contributed by atoms with Gasteiger partial charge in [0.2, 0.25) is 0 Å². The van der Waals surface area contributed by atoms with E-state index in [-0.39, 0.29) is 16.9 Å². The van der Waals surface area contributed by atoms with Gasteiger partial charge in [0.1, 0.15) is 17.0 Å². The second kappa shape index (κ2) is 6.53. The molecule has 0 aliphatic rings. The van der Waals surface area contributed by atoms with E-state index in [0.29, 0.717) is 5.76 Å². The Hall–Kier alpha value is -3.16. The summed E-state index contributed by atoms with van der Waals surface area (Å²) in [6.07, 6.45) is 1.33. The third-order valence-corrected chi connectivity index (χ3v) is 2.79. The van der Waals surface area contributed by atoms with Gasteiger partial charge < -0.3 is 14.5 Å². The van der Waals surface area contributed by atoms with Gasteiger partial charge in [0.25, 0.3) is 11.6 Å². The van der Waals surface area contributed by atoms with Crippen molar-refractivity contribution in [1.82, 2.24) is 0 Å². The van der Waals surface area contributed by atoms with E-state index in [1.807, 2.05) is 0 Å². The molecule has 8 nitrogen and oxygen atoms in total. The molecule has 0 spiro atoms. The fourth-order valence-electron chi connectivity index (χ4n) is 1.73. The number of nitro benzene ring substituents is 1. The first-order chi connectivity index (χ1) is 10.5. The van der Waals surface area contributed by atoms with Crippen LogP contribution in [0.25, 0.3) is 0 Å². The Morgan fingerprint density at radius 3 is 2.68 bits per heavy atom. The predicted molar refractivity (Wildman–Crippen MR) is 75.5 cm³/mol. The molecule has 0 fully saturated rings. The average Bonchev–Trinajstić information content (AvgIpc) is 2.91. The Morgan fingerprint density at radius 1 is 1.32 bits per heavy atom. The molecule has 1 heterocycles. The van der Waals surface area contributed by atoms with Crippen LogP contribution in [0.15, 0.2) is 41.0 Å². The number of ether oxygens (including phenoxy) is 1. The van der Waals surface area contributed by atoms with Gasteiger partial charge in [-0.2, -0.15) is 0 Å². The zero-order valence-corrected chi connectivity index (χ0v) is 11.6. The fourth-order valence-corrected chi connectivity index (χ4v) is 1.73. The lowest BCUT2D eigenvalue weighted by Crippen LogP contribution is -2.21. The van der Waals surface area contributed by atoms with E-state index in [1.54, 1.807) is 13.0 Å². The van der Waals surface area contributed by atoms with Crippen LogP contribution in [0.2, 0.25) is 0 Å². The number of carbonyl (C=O) groups is 2. The molecule has 114 valence electrons. The van der Waals surface area contributed by atoms with Crippen LogP contribution in [0, 0.1) is 17.0 Å². The largest absolute Gasteiger partial charge is 0.469 e. The second-order valence-electron chi connectivity index (χ2n) is 4.29. The standard InChI is InChI=1S/C14H12N2O6/c1-9-10(6-7-21-9)14(18)22-8-13(17)15-11-4-2-3-5-12(11)16(19)20/h2-7H,8H2,1H3,(H,15,17). The van der Waals surface area contributed by atoms with Crippen LogP contribution < -0.4 is 5.32 Å². The van der Waals surface area contributed by atoms with Gasteiger partial charge >= 0.3 is 5.97 Å². The van der Waals surface area contributed by atoms with E-state index in [4.69, 9.17) is 9.15 Å². The molecule has 2 rings (SSSR count). The van der Waals surface area contributed by atoms with Crippen LogP contribution in [-0.2, 0) is 9.53 Å². The molecule has 0 aliphatic carbocycles. The molecule has 1 aromatic heterocycles. The summed E-state index contributed by atoms with van der Waals surface area (Å²) < 4.78 is 9.77. The maximum atomic E-state index is 11.7. The molecule has 8 heteroatoms. The highest BCUT2D eigenvalue weighted by atomic mass is 16.6. The summed E-state index contributed by atoms with van der Waals surface area (Å²) in [5, 5.41) is 13.1. The first-order valence-corrected chi connectivity index (χ1v) is 6.23. The van der Waals surface area contributed by atoms with Gasteiger partial charge in [-0.25, -0.2) is 4.79 Å². The van der Waals surface area contributed by atoms with Crippen molar-refractivity contribution in [1.29, 1.82) is 0 Å². The number of nitro groups is 1. The molecule has 0 aliphatic heterocycles. The number of aryl methyl sites for hydroxylation is 1. The summed E-state index contributed by atoms with van der Waals surface area (Å²) in [4.78, 5) is 33.6. The normalized spacial score (nSPS) is 10.0. The van der Waals surface area contributed by atoms with Crippen molar-refractivity contribution in [2.24, 2.45) is 0 Å². The quantitative estimate of drug-likeness (QED) is 0.515. The second-order valence-corrected chi connectivity index (χ2v) is 4.29. The first kappa shape index (κ1) is 15.2. The van der Waals surface area contributed by atoms with Crippen LogP contribution in [-0.4, -0.2) is 23.4 Å². The smallest absolute Gasteiger partial charge is 0.342 e. The monoisotopic (exact) mass is 304 g/mol. The van der Waals surface area contributed by atoms with Crippen LogP contribution in [0.1, 0.15) is 16.1 Å². The summed E-state index contributed by atoms with van der Waals surface area (Å²) in [6.45, 7) is 1.03. The van der Waals surface area contributed by atoms with Crippen LogP contribution >= 0.6 is 0 Å². The zero-order valence-electron chi connectivity index (χ0n) is 11.6. The van der Waals surface area contributed by atoms with Crippen molar-refractivity contribution < 1.29 is 23.7 Å². The highest BCUT2D eigenvalue weighted by Crippen LogP contribution is 2.22. The maximum absolute atomic E-state index is 11.7. The van der Waals surface area contributed by atoms with Gasteiger partial charge in [0, 0.05) is 6.07 Å². The van der Waals surface area contributed by atoms with Crippen LogP contribution in [0.3, 0.4) is 0 Å². The Morgan fingerprint density at radius 2 is 2.05 bits per heavy atom. The fraction of sp³-hybridized carbons (Fsp3) is 0.143. The molecule has 0 saturated carbocycles. The number of nitrogens with one attached hydrogen (secondary N) is 1. The number of hydrogen-bond donors (Lipinski definition) is 1. The summed E-state index contributed by atoms with van der Waals surface area (Å²) in [5.41, 5.74) is 0.0133. The van der Waals surface area contributed by atoms with Crippen LogP contribution in [0.5, 0.6) is 0 Å². The van der Waals surface area contributed by atoms with Crippen molar-refractivity contribution >= 4 is 23.3 Å². The number of esters is 1. The predicted octanol–water partition coefficient (Wildman–Crippen LogP) is 2.29. The molecule has 0 radical (unpaired) electrons. The molecule has 0 bridgehead atoms. The van der Waals surface area contributed by atoms with Crippen molar-refractivity contribution in [2.45, 2.75) is 6.92 Å². The molecule has 2 aromatic rings. The number of hydrogen-bond acceptors (Lipinski definition) is 6. The number of amides is 1. The zero-order chi connectivity index (χ0) is 16.1. The van der Waals surface area contributed by atoms with E-state index in [1.165, 1.54) is 30.5 Å². The number of para-hydroxylation sites is 2. The molecule has 0 unspecified atom stereocenters. The van der Waals surface area contributed by atoms with Gasteiger partial charge in [-0.15, -0.1) is 0 Å². The Balaban J connectivity index is 1.95. The third-order valence-electron chi connectivity index (χ3n) is 2.79. The lowest BCUT2D eigenvalue weighted by molar-refractivity contribution is -0.383. The van der Waals surface area contributed by atoms with Crippen molar-refractivity contribution in [3.05, 3.63) is 58.0 Å². The van der Waals surface area contributed by atoms with Crippen LogP contribution in [0.4, 0.5) is 11.4 Å². The minimum atomic E-state index is -0.705. The van der Waals surface area contributed by atoms with Crippen molar-refractivity contribution in [2.75, 3.05) is 11.9 Å². The van der Waals surface area contributed by atoms with E-state index in [0.717, 1.165) is 0 Å². The average molecular weight is 304 g/mol. The molecular formula is C14H12N2O6. The molecular weight excluding hydrogens is 292 g/mol. The lowest BCUT2D eigenvalue weighted by atomic mass is 10.2. The molecule has 1 aromatic carbocycles. The molecule has 22 heavy (non-hydrogen) atoms. The van der Waals surface area contributed by atoms with Gasteiger partial charge in [-0.1, -0.05) is 12.1 Å². The number of carbonyl (C=O) groups excluding carboxylic acids is 2. The third kappa shape index (κ3) is 3.48. The Labute approximate surface area is 124 Å². The number of anilines is 1. The molecule has 0 atom stereocenters. The minimum absolute atomic E-state index is 0.0352. The SMILES string of the molecule is Cc1occc1C(=O)OCC(=O)Nc1ccccc1[N+](=O)[O-]. The lowest BCUT2D eigenvalue weighted by Gasteiger charge is -2.06. The van der Waals surface area contributed by atoms with Crippen molar-refractivity contribution in [3.8, 4) is 0 Å². The molecule has 1 N–H and O–H groups in total. The van der Waals surface area contributed by atoms with E-state index >= 15 is 0 Å². The summed E-state index contributed by atoms with van der Waals surface area (Å²) in [7, 11) is 0. The highest BCUT2D eigenvalue weighted by molar-refractivity contribution is 5.97. The molecule has 1 amide bonds. The number of nitrogens with zero attached hydrogens (tertiary/aromatic N) is 1. The number of furan rings is 1. The Kier molecular flexibility index (Phi) is 4.52. The highest BCUT2D eigenvalue weighted by Gasteiger charge is 2.17. The number of rotatable bonds is 5. The van der Waals surface area contributed by atoms with E-state index in [9.17, 15) is 19.7 Å². The summed E-state index contributed by atoms with van der Waals surface area (Å²) >= 11 is 0. The van der Waals surface area contributed by atoms with Gasteiger partial charge in [-0.3, -0.25) is 14.9 Å². The van der Waals surface area contributed by atoms with E-state index in [2.05, 4.69) is 5.32 Å². The minimum Gasteiger partial charge on any atom is -0.469 e. The number of benzene rings is 1. The summed E-state index contributed by atoms with van der Waals surface area (Å²) in [5.74, 6) is -1.00. The Bertz CT molecular complexity index is 722. The van der Waals surface area contributed by atoms with E-state index < -0.39 is 23.4 Å². The first-order valence-electron chi connectivity index (χ1n) is 6.23. The van der Waals surface area contributed by atoms with Gasteiger partial charge in [0.05, 0.1) is 11.2 Å². The van der Waals surface area contributed by atoms with Crippen molar-refractivity contribution in [3.63, 3.8) is 0 Å². The maximum Gasteiger partial charge on any atom is 0.342 e. The molecule has 0 saturated heterocycles.